The van der Waals surface area contributed by atoms with E-state index in [1.807, 2.05) is 0 Å². The summed E-state index contributed by atoms with van der Waals surface area (Å²) < 4.78 is 0. The van der Waals surface area contributed by atoms with Gasteiger partial charge in [0.15, 0.2) is 5.78 Å². The summed E-state index contributed by atoms with van der Waals surface area (Å²) in [6, 6.07) is 11.1. The molecule has 1 aromatic heterocycles. The molecule has 2 aliphatic rings. The molecule has 1 N–H and O–H groups in total. The van der Waals surface area contributed by atoms with Crippen LogP contribution in [0.25, 0.3) is 0 Å². The van der Waals surface area contributed by atoms with E-state index >= 15 is 0 Å². The zero-order valence-electron chi connectivity index (χ0n) is 14.4. The molecule has 0 bridgehead atoms. The Kier molecular flexibility index (Phi) is 4.31. The van der Waals surface area contributed by atoms with Crippen LogP contribution in [-0.2, 0) is 0 Å². The van der Waals surface area contributed by atoms with Gasteiger partial charge in [0.1, 0.15) is 6.04 Å². The van der Waals surface area contributed by atoms with E-state index in [0.717, 1.165) is 19.4 Å². The van der Waals surface area contributed by atoms with Crippen LogP contribution >= 0.6 is 0 Å². The highest BCUT2D eigenvalue weighted by Crippen LogP contribution is 2.30. The number of piperazine rings is 1. The molecule has 1 atom stereocenters. The first-order chi connectivity index (χ1) is 12.7. The molecule has 4 rings (SSSR count). The van der Waals surface area contributed by atoms with Gasteiger partial charge in [-0.3, -0.25) is 14.5 Å². The lowest BCUT2D eigenvalue weighted by atomic mass is 10.0. The lowest BCUT2D eigenvalue weighted by molar-refractivity contribution is 0.0550. The fourth-order valence-corrected chi connectivity index (χ4v) is 3.52. The van der Waals surface area contributed by atoms with Gasteiger partial charge in [-0.25, -0.2) is 0 Å². The Morgan fingerprint density at radius 3 is 2.38 bits per heavy atom. The minimum atomic E-state index is -0.227. The van der Waals surface area contributed by atoms with Crippen LogP contribution in [0.3, 0.4) is 0 Å². The minimum Gasteiger partial charge on any atom is -0.367 e. The van der Waals surface area contributed by atoms with Crippen molar-refractivity contribution in [1.82, 2.24) is 14.8 Å². The number of aromatic amines is 1. The SMILES string of the molecule is N#CC1CN(C(=O)c2ccc(C(=O)c3cc[nH]c3)cc2)CCN1C1CC1. The maximum atomic E-state index is 12.8. The van der Waals surface area contributed by atoms with E-state index < -0.39 is 0 Å². The molecule has 26 heavy (non-hydrogen) atoms. The molecule has 132 valence electrons. The predicted molar refractivity (Wildman–Crippen MR) is 95.7 cm³/mol. The number of carbonyl (C=O) groups is 2. The fraction of sp³-hybridized carbons (Fsp3) is 0.350. The molecule has 1 aliphatic heterocycles. The first-order valence-electron chi connectivity index (χ1n) is 8.89. The Morgan fingerprint density at radius 1 is 1.04 bits per heavy atom. The van der Waals surface area contributed by atoms with Gasteiger partial charge in [0.2, 0.25) is 0 Å². The van der Waals surface area contributed by atoms with E-state index in [0.29, 0.717) is 35.8 Å². The second-order valence-electron chi connectivity index (χ2n) is 6.87. The molecule has 0 radical (unpaired) electrons. The number of H-pyrrole nitrogens is 1. The van der Waals surface area contributed by atoms with Crippen molar-refractivity contribution in [1.29, 1.82) is 5.26 Å². The summed E-state index contributed by atoms with van der Waals surface area (Å²) >= 11 is 0. The molecule has 1 saturated carbocycles. The Bertz CT molecular complexity index is 847. The molecular weight excluding hydrogens is 328 g/mol. The van der Waals surface area contributed by atoms with Crippen LogP contribution in [0.5, 0.6) is 0 Å². The van der Waals surface area contributed by atoms with Gasteiger partial charge in [-0.15, -0.1) is 0 Å². The number of amides is 1. The number of nitriles is 1. The van der Waals surface area contributed by atoms with Gasteiger partial charge in [0.05, 0.1) is 6.07 Å². The van der Waals surface area contributed by atoms with E-state index in [4.69, 9.17) is 0 Å². The van der Waals surface area contributed by atoms with E-state index in [1.54, 1.807) is 47.6 Å². The summed E-state index contributed by atoms with van der Waals surface area (Å²) in [4.78, 5) is 31.9. The zero-order chi connectivity index (χ0) is 18.1. The lowest BCUT2D eigenvalue weighted by Crippen LogP contribution is -2.54. The topological polar surface area (TPSA) is 80.2 Å². The van der Waals surface area contributed by atoms with Crippen LogP contribution < -0.4 is 0 Å². The highest BCUT2D eigenvalue weighted by molar-refractivity contribution is 6.09. The molecular formula is C20H20N4O2. The molecule has 1 unspecified atom stereocenters. The average molecular weight is 348 g/mol. The van der Waals surface area contributed by atoms with Crippen molar-refractivity contribution < 1.29 is 9.59 Å². The van der Waals surface area contributed by atoms with E-state index in [-0.39, 0.29) is 17.7 Å². The summed E-state index contributed by atoms with van der Waals surface area (Å²) in [5.41, 5.74) is 1.69. The number of hydrogen-bond donors (Lipinski definition) is 1. The van der Waals surface area contributed by atoms with Crippen molar-refractivity contribution in [2.45, 2.75) is 24.9 Å². The Labute approximate surface area is 152 Å². The van der Waals surface area contributed by atoms with Gasteiger partial charge in [-0.05, 0) is 31.0 Å². The summed E-state index contributed by atoms with van der Waals surface area (Å²) in [5, 5.41) is 9.43. The third-order valence-corrected chi connectivity index (χ3v) is 5.13. The first-order valence-corrected chi connectivity index (χ1v) is 8.89. The normalized spacial score (nSPS) is 20.6. The molecule has 2 heterocycles. The molecule has 1 aromatic carbocycles. The number of nitrogens with zero attached hydrogens (tertiary/aromatic N) is 3. The van der Waals surface area contributed by atoms with Crippen LogP contribution in [-0.4, -0.2) is 58.2 Å². The van der Waals surface area contributed by atoms with Crippen LogP contribution in [0, 0.1) is 11.3 Å². The van der Waals surface area contributed by atoms with Gasteiger partial charge in [-0.1, -0.05) is 12.1 Å². The van der Waals surface area contributed by atoms with Crippen LogP contribution in [0.15, 0.2) is 42.7 Å². The monoisotopic (exact) mass is 348 g/mol. The third-order valence-electron chi connectivity index (χ3n) is 5.13. The van der Waals surface area contributed by atoms with Crippen molar-refractivity contribution in [2.24, 2.45) is 0 Å². The number of hydrogen-bond acceptors (Lipinski definition) is 4. The van der Waals surface area contributed by atoms with Gasteiger partial charge in [0.25, 0.3) is 5.91 Å². The van der Waals surface area contributed by atoms with Gasteiger partial charge in [-0.2, -0.15) is 5.26 Å². The minimum absolute atomic E-state index is 0.0761. The summed E-state index contributed by atoms with van der Waals surface area (Å²) in [5.74, 6) is -0.158. The number of ketones is 1. The number of carbonyl (C=O) groups excluding carboxylic acids is 2. The summed E-state index contributed by atoms with van der Waals surface area (Å²) in [6.07, 6.45) is 5.67. The van der Waals surface area contributed by atoms with Crippen LogP contribution in [0.4, 0.5) is 0 Å². The number of nitrogens with one attached hydrogen (secondary N) is 1. The average Bonchev–Trinajstić information content (AvgIpc) is 3.39. The van der Waals surface area contributed by atoms with E-state index in [2.05, 4.69) is 16.0 Å². The Balaban J connectivity index is 1.45. The number of benzene rings is 1. The predicted octanol–water partition coefficient (Wildman–Crippen LogP) is 2.06. The van der Waals surface area contributed by atoms with Crippen LogP contribution in [0.2, 0.25) is 0 Å². The van der Waals surface area contributed by atoms with Crippen molar-refractivity contribution in [3.8, 4) is 6.07 Å². The molecule has 1 saturated heterocycles. The highest BCUT2D eigenvalue weighted by atomic mass is 16.2. The second kappa shape index (κ2) is 6.77. The van der Waals surface area contributed by atoms with Crippen molar-refractivity contribution >= 4 is 11.7 Å². The molecule has 0 spiro atoms. The Hall–Kier alpha value is -2.91. The summed E-state index contributed by atoms with van der Waals surface area (Å²) in [6.45, 7) is 1.83. The zero-order valence-corrected chi connectivity index (χ0v) is 14.4. The quantitative estimate of drug-likeness (QED) is 0.858. The van der Waals surface area contributed by atoms with Crippen molar-refractivity contribution in [3.05, 3.63) is 59.4 Å². The fourth-order valence-electron chi connectivity index (χ4n) is 3.52. The van der Waals surface area contributed by atoms with Gasteiger partial charge < -0.3 is 9.88 Å². The highest BCUT2D eigenvalue weighted by Gasteiger charge is 2.38. The maximum Gasteiger partial charge on any atom is 0.253 e. The third kappa shape index (κ3) is 3.14. The van der Waals surface area contributed by atoms with Crippen LogP contribution in [0.1, 0.15) is 39.1 Å². The Morgan fingerprint density at radius 2 is 1.77 bits per heavy atom. The molecule has 1 amide bonds. The van der Waals surface area contributed by atoms with Crippen molar-refractivity contribution in [2.75, 3.05) is 19.6 Å². The summed E-state index contributed by atoms with van der Waals surface area (Å²) in [7, 11) is 0. The molecule has 6 heteroatoms. The second-order valence-corrected chi connectivity index (χ2v) is 6.87. The largest absolute Gasteiger partial charge is 0.367 e. The lowest BCUT2D eigenvalue weighted by Gasteiger charge is -2.38. The first kappa shape index (κ1) is 16.6. The number of rotatable bonds is 4. The van der Waals surface area contributed by atoms with Gasteiger partial charge >= 0.3 is 0 Å². The smallest absolute Gasteiger partial charge is 0.253 e. The van der Waals surface area contributed by atoms with E-state index in [9.17, 15) is 14.9 Å². The van der Waals surface area contributed by atoms with Crippen molar-refractivity contribution in [3.63, 3.8) is 0 Å². The molecule has 2 fully saturated rings. The van der Waals surface area contributed by atoms with E-state index in [1.165, 1.54) is 0 Å². The standard InChI is InChI=1S/C20H20N4O2/c21-11-18-13-23(9-10-24(18)17-5-6-17)20(26)15-3-1-14(2-4-15)19(25)16-7-8-22-12-16/h1-4,7-8,12,17-18,22H,5-6,9-10,13H2. The molecule has 1 aliphatic carbocycles. The maximum absolute atomic E-state index is 12.8. The molecule has 2 aromatic rings. The number of aromatic nitrogens is 1. The molecule has 6 nitrogen and oxygen atoms in total. The van der Waals surface area contributed by atoms with Gasteiger partial charge in [0, 0.05) is 54.8 Å².